The molecule has 0 aliphatic heterocycles. The lowest BCUT2D eigenvalue weighted by Gasteiger charge is -2.10. The largest absolute Gasteiger partial charge is 0.375 e. The SMILES string of the molecule is Cc1cc(-c2csc(N)n2)c(C)n1Cc1ccc(Cl)cc1. The normalized spacial score (nSPS) is 11.0. The van der Waals surface area contributed by atoms with Gasteiger partial charge in [0.25, 0.3) is 0 Å². The van der Waals surface area contributed by atoms with Gasteiger partial charge in [0.05, 0.1) is 5.69 Å². The van der Waals surface area contributed by atoms with Crippen LogP contribution in [0.3, 0.4) is 0 Å². The minimum Gasteiger partial charge on any atom is -0.375 e. The Morgan fingerprint density at radius 3 is 2.57 bits per heavy atom. The van der Waals surface area contributed by atoms with Crippen LogP contribution in [-0.2, 0) is 6.54 Å². The lowest BCUT2D eigenvalue weighted by molar-refractivity contribution is 0.750. The van der Waals surface area contributed by atoms with Crippen molar-refractivity contribution < 1.29 is 0 Å². The summed E-state index contributed by atoms with van der Waals surface area (Å²) in [6, 6.07) is 10.1. The van der Waals surface area contributed by atoms with Gasteiger partial charge in [0.1, 0.15) is 0 Å². The number of rotatable bonds is 3. The monoisotopic (exact) mass is 317 g/mol. The predicted molar refractivity (Wildman–Crippen MR) is 90.0 cm³/mol. The molecule has 0 aliphatic carbocycles. The van der Waals surface area contributed by atoms with Crippen LogP contribution in [0.1, 0.15) is 17.0 Å². The van der Waals surface area contributed by atoms with Crippen LogP contribution >= 0.6 is 22.9 Å². The highest BCUT2D eigenvalue weighted by Crippen LogP contribution is 2.29. The summed E-state index contributed by atoms with van der Waals surface area (Å²) in [4.78, 5) is 4.38. The van der Waals surface area contributed by atoms with Crippen LogP contribution in [-0.4, -0.2) is 9.55 Å². The molecule has 2 heterocycles. The Kier molecular flexibility index (Phi) is 3.74. The minimum atomic E-state index is 0.604. The summed E-state index contributed by atoms with van der Waals surface area (Å²) in [7, 11) is 0. The molecule has 0 unspecified atom stereocenters. The van der Waals surface area contributed by atoms with E-state index in [2.05, 4.69) is 41.6 Å². The molecule has 0 spiro atoms. The topological polar surface area (TPSA) is 43.8 Å². The second kappa shape index (κ2) is 5.54. The zero-order chi connectivity index (χ0) is 15.0. The molecule has 3 nitrogen and oxygen atoms in total. The Balaban J connectivity index is 1.96. The van der Waals surface area contributed by atoms with Crippen LogP contribution in [0.2, 0.25) is 5.02 Å². The van der Waals surface area contributed by atoms with Crippen LogP contribution < -0.4 is 5.73 Å². The van der Waals surface area contributed by atoms with E-state index in [1.54, 1.807) is 0 Å². The molecule has 0 bridgehead atoms. The summed E-state index contributed by atoms with van der Waals surface area (Å²) in [6.45, 7) is 5.06. The third-order valence-corrected chi connectivity index (χ3v) is 4.55. The Morgan fingerprint density at radius 1 is 1.24 bits per heavy atom. The maximum atomic E-state index is 5.94. The summed E-state index contributed by atoms with van der Waals surface area (Å²) in [6.07, 6.45) is 0. The van der Waals surface area contributed by atoms with Crippen molar-refractivity contribution in [2.24, 2.45) is 0 Å². The second-order valence-corrected chi connectivity index (χ2v) is 6.39. The summed E-state index contributed by atoms with van der Waals surface area (Å²) < 4.78 is 2.29. The van der Waals surface area contributed by atoms with Gasteiger partial charge in [-0.15, -0.1) is 11.3 Å². The van der Waals surface area contributed by atoms with Crippen LogP contribution in [0.25, 0.3) is 11.3 Å². The zero-order valence-electron chi connectivity index (χ0n) is 11.9. The van der Waals surface area contributed by atoms with Gasteiger partial charge in [-0.1, -0.05) is 23.7 Å². The molecule has 3 rings (SSSR count). The average molecular weight is 318 g/mol. The van der Waals surface area contributed by atoms with Crippen LogP contribution in [0.4, 0.5) is 5.13 Å². The number of aromatic nitrogens is 2. The molecule has 0 saturated carbocycles. The van der Waals surface area contributed by atoms with E-state index in [0.717, 1.165) is 22.8 Å². The molecule has 3 aromatic rings. The van der Waals surface area contributed by atoms with Gasteiger partial charge in [-0.3, -0.25) is 0 Å². The van der Waals surface area contributed by atoms with Crippen molar-refractivity contribution >= 4 is 28.1 Å². The smallest absolute Gasteiger partial charge is 0.180 e. The van der Waals surface area contributed by atoms with Crippen LogP contribution in [0.15, 0.2) is 35.7 Å². The summed E-state index contributed by atoms with van der Waals surface area (Å²) in [5.74, 6) is 0. The van der Waals surface area contributed by atoms with Gasteiger partial charge in [0.15, 0.2) is 5.13 Å². The molecule has 0 fully saturated rings. The van der Waals surface area contributed by atoms with Crippen molar-refractivity contribution in [1.29, 1.82) is 0 Å². The van der Waals surface area contributed by atoms with E-state index in [-0.39, 0.29) is 0 Å². The third kappa shape index (κ3) is 2.82. The summed E-state index contributed by atoms with van der Waals surface area (Å²) in [5, 5.41) is 3.37. The predicted octanol–water partition coefficient (Wildman–Crippen LogP) is 4.51. The highest BCUT2D eigenvalue weighted by atomic mass is 35.5. The number of halogens is 1. The van der Waals surface area contributed by atoms with Crippen molar-refractivity contribution in [3.63, 3.8) is 0 Å². The van der Waals surface area contributed by atoms with E-state index in [9.17, 15) is 0 Å². The number of nitrogens with zero attached hydrogens (tertiary/aromatic N) is 2. The second-order valence-electron chi connectivity index (χ2n) is 5.07. The quantitative estimate of drug-likeness (QED) is 0.772. The molecule has 1 aromatic carbocycles. The fourth-order valence-corrected chi connectivity index (χ4v) is 3.18. The highest BCUT2D eigenvalue weighted by molar-refractivity contribution is 7.13. The zero-order valence-corrected chi connectivity index (χ0v) is 13.5. The third-order valence-electron chi connectivity index (χ3n) is 3.63. The number of hydrogen-bond acceptors (Lipinski definition) is 3. The number of benzene rings is 1. The molecule has 0 saturated heterocycles. The van der Waals surface area contributed by atoms with Crippen molar-refractivity contribution in [3.8, 4) is 11.3 Å². The van der Waals surface area contributed by atoms with E-state index in [1.807, 2.05) is 17.5 Å². The maximum Gasteiger partial charge on any atom is 0.180 e. The molecule has 108 valence electrons. The van der Waals surface area contributed by atoms with Gasteiger partial charge in [0.2, 0.25) is 0 Å². The van der Waals surface area contributed by atoms with Gasteiger partial charge < -0.3 is 10.3 Å². The summed E-state index contributed by atoms with van der Waals surface area (Å²) >= 11 is 7.41. The Bertz CT molecular complexity index is 771. The molecule has 2 aromatic heterocycles. The first-order valence-corrected chi connectivity index (χ1v) is 7.93. The van der Waals surface area contributed by atoms with Gasteiger partial charge >= 0.3 is 0 Å². The first-order valence-electron chi connectivity index (χ1n) is 6.67. The van der Waals surface area contributed by atoms with E-state index < -0.39 is 0 Å². The molecule has 0 amide bonds. The van der Waals surface area contributed by atoms with E-state index in [0.29, 0.717) is 5.13 Å². The molecule has 0 radical (unpaired) electrons. The number of hydrogen-bond donors (Lipinski definition) is 1. The van der Waals surface area contributed by atoms with Gasteiger partial charge in [-0.2, -0.15) is 0 Å². The number of thiazole rings is 1. The molecule has 0 atom stereocenters. The highest BCUT2D eigenvalue weighted by Gasteiger charge is 2.13. The van der Waals surface area contributed by atoms with Gasteiger partial charge in [-0.25, -0.2) is 4.98 Å². The van der Waals surface area contributed by atoms with Crippen LogP contribution in [0, 0.1) is 13.8 Å². The molecule has 21 heavy (non-hydrogen) atoms. The van der Waals surface area contributed by atoms with Crippen molar-refractivity contribution in [3.05, 3.63) is 57.7 Å². The molecule has 5 heteroatoms. The molecular formula is C16H16ClN3S. The minimum absolute atomic E-state index is 0.604. The fourth-order valence-electron chi connectivity index (χ4n) is 2.49. The average Bonchev–Trinajstić information content (AvgIpc) is 2.99. The number of aryl methyl sites for hydroxylation is 1. The lowest BCUT2D eigenvalue weighted by atomic mass is 10.2. The first-order chi connectivity index (χ1) is 10.0. The summed E-state index contributed by atoms with van der Waals surface area (Å²) in [5.41, 5.74) is 11.5. The number of nitrogen functional groups attached to an aromatic ring is 1. The number of anilines is 1. The Hall–Kier alpha value is -1.78. The van der Waals surface area contributed by atoms with Gasteiger partial charge in [0, 0.05) is 33.9 Å². The number of nitrogens with two attached hydrogens (primary N) is 1. The van der Waals surface area contributed by atoms with E-state index >= 15 is 0 Å². The van der Waals surface area contributed by atoms with Crippen LogP contribution in [0.5, 0.6) is 0 Å². The van der Waals surface area contributed by atoms with Crippen molar-refractivity contribution in [1.82, 2.24) is 9.55 Å². The first kappa shape index (κ1) is 14.2. The van der Waals surface area contributed by atoms with E-state index in [1.165, 1.54) is 28.3 Å². The fraction of sp³-hybridized carbons (Fsp3) is 0.188. The Morgan fingerprint density at radius 2 is 1.95 bits per heavy atom. The Labute approximate surface area is 133 Å². The standard InChI is InChI=1S/C16H16ClN3S/c1-10-7-14(15-9-21-16(18)19-15)11(2)20(10)8-12-3-5-13(17)6-4-12/h3-7,9H,8H2,1-2H3,(H2,18,19). The molecule has 2 N–H and O–H groups in total. The lowest BCUT2D eigenvalue weighted by Crippen LogP contribution is -2.03. The van der Waals surface area contributed by atoms with E-state index in [4.69, 9.17) is 17.3 Å². The van der Waals surface area contributed by atoms with Crippen molar-refractivity contribution in [2.45, 2.75) is 20.4 Å². The van der Waals surface area contributed by atoms with Crippen molar-refractivity contribution in [2.75, 3.05) is 5.73 Å². The molecule has 0 aliphatic rings. The maximum absolute atomic E-state index is 5.94. The molecular weight excluding hydrogens is 302 g/mol. The van der Waals surface area contributed by atoms with Gasteiger partial charge in [-0.05, 0) is 37.6 Å².